The fraction of sp³-hybridized carbons (Fsp3) is 0.417. The van der Waals surface area contributed by atoms with Crippen molar-refractivity contribution in [1.29, 1.82) is 0 Å². The van der Waals surface area contributed by atoms with Crippen molar-refractivity contribution in [3.05, 3.63) is 34.3 Å². The van der Waals surface area contributed by atoms with Crippen LogP contribution in [0, 0.1) is 6.92 Å². The maximum atomic E-state index is 11.0. The largest absolute Gasteiger partial charge is 0.469 e. The van der Waals surface area contributed by atoms with E-state index in [-0.39, 0.29) is 12.4 Å². The minimum Gasteiger partial charge on any atom is -0.469 e. The lowest BCUT2D eigenvalue weighted by molar-refractivity contribution is -0.139. The van der Waals surface area contributed by atoms with Crippen LogP contribution in [0.5, 0.6) is 0 Å². The Kier molecular flexibility index (Phi) is 6.80. The summed E-state index contributed by atoms with van der Waals surface area (Å²) in [6.07, 6.45) is 0.281. The SMILES string of the molecule is CC.COC(=O)Cc1cc(Cl)ccc1C. The number of carbonyl (C=O) groups is 1. The Bertz CT molecular complexity index is 321. The van der Waals surface area contributed by atoms with E-state index in [0.717, 1.165) is 11.1 Å². The standard InChI is InChI=1S/C10H11ClO2.C2H6/c1-7-3-4-9(11)5-8(7)6-10(12)13-2;1-2/h3-5H,6H2,1-2H3;1-2H3. The predicted molar refractivity (Wildman–Crippen MR) is 63.3 cm³/mol. The third kappa shape index (κ3) is 4.84. The molecule has 0 saturated heterocycles. The molecule has 0 aliphatic heterocycles. The van der Waals surface area contributed by atoms with Crippen LogP contribution in [0.15, 0.2) is 18.2 Å². The molecule has 2 nitrogen and oxygen atoms in total. The summed E-state index contributed by atoms with van der Waals surface area (Å²) in [5.41, 5.74) is 1.97. The monoisotopic (exact) mass is 228 g/mol. The number of esters is 1. The summed E-state index contributed by atoms with van der Waals surface area (Å²) in [7, 11) is 1.38. The van der Waals surface area contributed by atoms with Gasteiger partial charge in [-0.1, -0.05) is 31.5 Å². The van der Waals surface area contributed by atoms with Crippen molar-refractivity contribution in [2.75, 3.05) is 7.11 Å². The molecule has 0 unspecified atom stereocenters. The maximum absolute atomic E-state index is 11.0. The van der Waals surface area contributed by atoms with Crippen LogP contribution in [0.25, 0.3) is 0 Å². The van der Waals surface area contributed by atoms with Crippen LogP contribution >= 0.6 is 11.6 Å². The predicted octanol–water partition coefficient (Wildman–Crippen LogP) is 3.39. The van der Waals surface area contributed by atoms with Crippen LogP contribution in [-0.4, -0.2) is 13.1 Å². The maximum Gasteiger partial charge on any atom is 0.309 e. The second-order valence-corrected chi connectivity index (χ2v) is 3.26. The Morgan fingerprint density at radius 2 is 2.00 bits per heavy atom. The Labute approximate surface area is 96.2 Å². The fourth-order valence-electron chi connectivity index (χ4n) is 1.06. The zero-order valence-electron chi connectivity index (χ0n) is 9.63. The highest BCUT2D eigenvalue weighted by atomic mass is 35.5. The Morgan fingerprint density at radius 3 is 2.53 bits per heavy atom. The van der Waals surface area contributed by atoms with Crippen LogP contribution in [-0.2, 0) is 16.0 Å². The van der Waals surface area contributed by atoms with E-state index in [1.54, 1.807) is 12.1 Å². The summed E-state index contributed by atoms with van der Waals surface area (Å²) in [5, 5.41) is 0.643. The van der Waals surface area contributed by atoms with E-state index in [2.05, 4.69) is 4.74 Å². The minimum atomic E-state index is -0.245. The van der Waals surface area contributed by atoms with E-state index in [1.807, 2.05) is 26.8 Å². The van der Waals surface area contributed by atoms with Gasteiger partial charge in [0.1, 0.15) is 0 Å². The highest BCUT2D eigenvalue weighted by Crippen LogP contribution is 2.15. The van der Waals surface area contributed by atoms with Crippen LogP contribution in [0.3, 0.4) is 0 Å². The zero-order chi connectivity index (χ0) is 11.8. The summed E-state index contributed by atoms with van der Waals surface area (Å²) in [4.78, 5) is 11.0. The van der Waals surface area contributed by atoms with Crippen LogP contribution in [0.2, 0.25) is 5.02 Å². The minimum absolute atomic E-state index is 0.245. The lowest BCUT2D eigenvalue weighted by Gasteiger charge is -2.04. The van der Waals surface area contributed by atoms with Crippen molar-refractivity contribution in [2.45, 2.75) is 27.2 Å². The van der Waals surface area contributed by atoms with Gasteiger partial charge in [0.25, 0.3) is 0 Å². The van der Waals surface area contributed by atoms with Crippen LogP contribution in [0.1, 0.15) is 25.0 Å². The quantitative estimate of drug-likeness (QED) is 0.726. The van der Waals surface area contributed by atoms with Crippen molar-refractivity contribution in [1.82, 2.24) is 0 Å². The van der Waals surface area contributed by atoms with E-state index in [1.165, 1.54) is 7.11 Å². The molecule has 0 amide bonds. The zero-order valence-corrected chi connectivity index (χ0v) is 10.4. The Balaban J connectivity index is 0.000000921. The molecule has 0 heterocycles. The number of halogens is 1. The third-order valence-corrected chi connectivity index (χ3v) is 2.11. The number of methoxy groups -OCH3 is 1. The number of hydrogen-bond acceptors (Lipinski definition) is 2. The first kappa shape index (κ1) is 14.0. The summed E-state index contributed by atoms with van der Waals surface area (Å²) in [5.74, 6) is -0.245. The molecule has 3 heteroatoms. The topological polar surface area (TPSA) is 26.3 Å². The molecule has 0 atom stereocenters. The van der Waals surface area contributed by atoms with Gasteiger partial charge < -0.3 is 4.74 Å². The average Bonchev–Trinajstić information content (AvgIpc) is 2.26. The van der Waals surface area contributed by atoms with Gasteiger partial charge in [-0.15, -0.1) is 0 Å². The second-order valence-electron chi connectivity index (χ2n) is 2.82. The van der Waals surface area contributed by atoms with Crippen molar-refractivity contribution in [3.8, 4) is 0 Å². The van der Waals surface area contributed by atoms with Crippen molar-refractivity contribution >= 4 is 17.6 Å². The molecule has 0 radical (unpaired) electrons. The summed E-state index contributed by atoms with van der Waals surface area (Å²) < 4.78 is 4.57. The molecule has 0 saturated carbocycles. The second kappa shape index (κ2) is 7.30. The molecular weight excluding hydrogens is 212 g/mol. The van der Waals surface area contributed by atoms with Crippen LogP contribution in [0.4, 0.5) is 0 Å². The van der Waals surface area contributed by atoms with Gasteiger partial charge in [-0.25, -0.2) is 0 Å². The number of hydrogen-bond donors (Lipinski definition) is 0. The molecule has 84 valence electrons. The van der Waals surface area contributed by atoms with Gasteiger partial charge in [0.15, 0.2) is 0 Å². The molecule has 1 aromatic rings. The molecule has 1 rings (SSSR count). The molecule has 0 N–H and O–H groups in total. The molecule has 1 aromatic carbocycles. The van der Waals surface area contributed by atoms with Gasteiger partial charge in [0, 0.05) is 5.02 Å². The molecule has 15 heavy (non-hydrogen) atoms. The van der Waals surface area contributed by atoms with Gasteiger partial charge in [-0.05, 0) is 30.2 Å². The smallest absolute Gasteiger partial charge is 0.309 e. The van der Waals surface area contributed by atoms with E-state index < -0.39 is 0 Å². The number of benzene rings is 1. The highest BCUT2D eigenvalue weighted by molar-refractivity contribution is 6.30. The van der Waals surface area contributed by atoms with E-state index in [9.17, 15) is 4.79 Å². The number of aryl methyl sites for hydroxylation is 1. The number of rotatable bonds is 2. The molecular formula is C12H17ClO2. The first-order chi connectivity index (χ1) is 7.13. The van der Waals surface area contributed by atoms with Crippen molar-refractivity contribution in [3.63, 3.8) is 0 Å². The van der Waals surface area contributed by atoms with Gasteiger partial charge in [0.05, 0.1) is 13.5 Å². The Morgan fingerprint density at radius 1 is 1.40 bits per heavy atom. The lowest BCUT2D eigenvalue weighted by atomic mass is 10.1. The number of carbonyl (C=O) groups excluding carboxylic acids is 1. The van der Waals surface area contributed by atoms with E-state index in [4.69, 9.17) is 11.6 Å². The summed E-state index contributed by atoms with van der Waals surface area (Å²) in [6, 6.07) is 5.48. The van der Waals surface area contributed by atoms with Gasteiger partial charge >= 0.3 is 5.97 Å². The summed E-state index contributed by atoms with van der Waals surface area (Å²) >= 11 is 5.79. The number of ether oxygens (including phenoxy) is 1. The fourth-order valence-corrected chi connectivity index (χ4v) is 1.25. The molecule has 0 aromatic heterocycles. The average molecular weight is 229 g/mol. The summed E-state index contributed by atoms with van der Waals surface area (Å²) in [6.45, 7) is 5.94. The van der Waals surface area contributed by atoms with E-state index >= 15 is 0 Å². The molecule has 0 spiro atoms. The van der Waals surface area contributed by atoms with Gasteiger partial charge in [-0.3, -0.25) is 4.79 Å². The van der Waals surface area contributed by atoms with Crippen molar-refractivity contribution in [2.24, 2.45) is 0 Å². The Hall–Kier alpha value is -1.02. The molecule has 0 bridgehead atoms. The molecule has 0 aliphatic carbocycles. The highest BCUT2D eigenvalue weighted by Gasteiger charge is 2.05. The van der Waals surface area contributed by atoms with E-state index in [0.29, 0.717) is 5.02 Å². The first-order valence-corrected chi connectivity index (χ1v) is 5.33. The van der Waals surface area contributed by atoms with Crippen molar-refractivity contribution < 1.29 is 9.53 Å². The van der Waals surface area contributed by atoms with Crippen LogP contribution < -0.4 is 0 Å². The normalized spacial score (nSPS) is 8.87. The lowest BCUT2D eigenvalue weighted by Crippen LogP contribution is -2.05. The van der Waals surface area contributed by atoms with Gasteiger partial charge in [0.2, 0.25) is 0 Å². The van der Waals surface area contributed by atoms with Gasteiger partial charge in [-0.2, -0.15) is 0 Å². The third-order valence-electron chi connectivity index (χ3n) is 1.87. The molecule has 0 fully saturated rings. The first-order valence-electron chi connectivity index (χ1n) is 4.95. The molecule has 0 aliphatic rings.